The van der Waals surface area contributed by atoms with Crippen LogP contribution in [-0.2, 0) is 4.79 Å². The molecule has 1 aromatic carbocycles. The second-order valence-electron chi connectivity index (χ2n) is 7.55. The summed E-state index contributed by atoms with van der Waals surface area (Å²) in [5.74, 6) is 0.788. The molecule has 0 aliphatic carbocycles. The molecule has 1 amide bonds. The summed E-state index contributed by atoms with van der Waals surface area (Å²) in [6.45, 7) is 0.684. The molecule has 0 saturated heterocycles. The third-order valence-electron chi connectivity index (χ3n) is 4.81. The van der Waals surface area contributed by atoms with Crippen LogP contribution < -0.4 is 15.4 Å². The maximum atomic E-state index is 12.2. The van der Waals surface area contributed by atoms with Crippen LogP contribution in [0.15, 0.2) is 73.2 Å². The van der Waals surface area contributed by atoms with E-state index in [2.05, 4.69) is 25.7 Å². The highest BCUT2D eigenvalue weighted by Crippen LogP contribution is 2.30. The molecule has 0 unspecified atom stereocenters. The van der Waals surface area contributed by atoms with Gasteiger partial charge in [0, 0.05) is 36.3 Å². The minimum absolute atomic E-state index is 0.209. The normalized spacial score (nSPS) is 11.3. The third-order valence-corrected chi connectivity index (χ3v) is 4.81. The van der Waals surface area contributed by atoms with Crippen LogP contribution in [0.4, 0.5) is 17.3 Å². The van der Waals surface area contributed by atoms with Gasteiger partial charge >= 0.3 is 0 Å². The van der Waals surface area contributed by atoms with E-state index in [1.54, 1.807) is 48.3 Å². The summed E-state index contributed by atoms with van der Waals surface area (Å²) in [5.41, 5.74) is 3.84. The van der Waals surface area contributed by atoms with E-state index in [4.69, 9.17) is 4.74 Å². The van der Waals surface area contributed by atoms with E-state index in [0.29, 0.717) is 29.6 Å². The Morgan fingerprint density at radius 3 is 2.91 bits per heavy atom. The first-order chi connectivity index (χ1) is 16.0. The number of hydrogen-bond acceptors (Lipinski definition) is 7. The molecule has 0 fully saturated rings. The van der Waals surface area contributed by atoms with Crippen LogP contribution in [0.3, 0.4) is 0 Å². The van der Waals surface area contributed by atoms with E-state index in [1.165, 1.54) is 6.08 Å². The lowest BCUT2D eigenvalue weighted by molar-refractivity contribution is -0.111. The van der Waals surface area contributed by atoms with Gasteiger partial charge < -0.3 is 20.3 Å². The number of fused-ring (bicyclic) bond motifs is 1. The predicted octanol–water partition coefficient (Wildman–Crippen LogP) is 3.60. The van der Waals surface area contributed by atoms with E-state index in [-0.39, 0.29) is 5.91 Å². The molecule has 2 N–H and O–H groups in total. The molecule has 9 nitrogen and oxygen atoms in total. The first-order valence-electron chi connectivity index (χ1n) is 10.4. The maximum Gasteiger partial charge on any atom is 0.248 e. The SMILES string of the molecule is COc1ccc(NC(=O)/C=C/CN(C)C)cc1Nc1nccc(-c2cnn3ccccc23)n1. The van der Waals surface area contributed by atoms with Gasteiger partial charge in [-0.05, 0) is 50.5 Å². The predicted molar refractivity (Wildman–Crippen MR) is 129 cm³/mol. The lowest BCUT2D eigenvalue weighted by Crippen LogP contribution is -2.13. The van der Waals surface area contributed by atoms with Gasteiger partial charge in [0.15, 0.2) is 0 Å². The van der Waals surface area contributed by atoms with Crippen molar-refractivity contribution in [2.75, 3.05) is 38.4 Å². The second-order valence-corrected chi connectivity index (χ2v) is 7.55. The van der Waals surface area contributed by atoms with Gasteiger partial charge in [0.05, 0.1) is 30.2 Å². The van der Waals surface area contributed by atoms with Crippen LogP contribution in [0.2, 0.25) is 0 Å². The standard InChI is InChI=1S/C24H25N7O2/c1-30(2)13-6-8-23(32)27-17-9-10-22(33-3)20(15-17)29-24-25-12-11-19(28-24)18-16-26-31-14-5-4-7-21(18)31/h4-12,14-16H,13H2,1-3H3,(H,27,32)(H,25,28,29)/b8-6+. The quantitative estimate of drug-likeness (QED) is 0.402. The number of ether oxygens (including phenoxy) is 1. The molecule has 0 aliphatic rings. The summed E-state index contributed by atoms with van der Waals surface area (Å²) in [5, 5.41) is 10.4. The van der Waals surface area contributed by atoms with Crippen LogP contribution >= 0.6 is 0 Å². The van der Waals surface area contributed by atoms with Crippen molar-refractivity contribution in [1.29, 1.82) is 0 Å². The monoisotopic (exact) mass is 443 g/mol. The van der Waals surface area contributed by atoms with E-state index in [0.717, 1.165) is 16.8 Å². The Kier molecular flexibility index (Phi) is 6.61. The van der Waals surface area contributed by atoms with Gasteiger partial charge in [0.2, 0.25) is 11.9 Å². The number of nitrogens with zero attached hydrogens (tertiary/aromatic N) is 5. The highest BCUT2D eigenvalue weighted by molar-refractivity contribution is 5.99. The number of benzene rings is 1. The smallest absolute Gasteiger partial charge is 0.248 e. The molecule has 168 valence electrons. The van der Waals surface area contributed by atoms with Crippen LogP contribution in [0.25, 0.3) is 16.8 Å². The number of nitrogens with one attached hydrogen (secondary N) is 2. The van der Waals surface area contributed by atoms with Crippen LogP contribution in [0, 0.1) is 0 Å². The molecule has 3 aromatic heterocycles. The van der Waals surface area contributed by atoms with Gasteiger partial charge in [-0.25, -0.2) is 14.5 Å². The fourth-order valence-corrected chi connectivity index (χ4v) is 3.26. The molecule has 0 bridgehead atoms. The Labute approximate surface area is 191 Å². The fraction of sp³-hybridized carbons (Fsp3) is 0.167. The van der Waals surface area contributed by atoms with Crippen molar-refractivity contribution >= 4 is 28.7 Å². The minimum atomic E-state index is -0.209. The largest absolute Gasteiger partial charge is 0.495 e. The van der Waals surface area contributed by atoms with Crippen molar-refractivity contribution in [3.05, 3.63) is 73.2 Å². The van der Waals surface area contributed by atoms with Gasteiger partial charge in [-0.15, -0.1) is 0 Å². The molecular formula is C24H25N7O2. The number of aromatic nitrogens is 4. The van der Waals surface area contributed by atoms with Crippen LogP contribution in [0.5, 0.6) is 5.75 Å². The Morgan fingerprint density at radius 1 is 1.21 bits per heavy atom. The van der Waals surface area contributed by atoms with E-state index in [1.807, 2.05) is 49.5 Å². The van der Waals surface area contributed by atoms with Gasteiger partial charge in [-0.2, -0.15) is 5.10 Å². The van der Waals surface area contributed by atoms with Gasteiger partial charge in [-0.1, -0.05) is 12.1 Å². The first-order valence-corrected chi connectivity index (χ1v) is 10.4. The fourth-order valence-electron chi connectivity index (χ4n) is 3.26. The van der Waals surface area contributed by atoms with Crippen LogP contribution in [0.1, 0.15) is 0 Å². The topological polar surface area (TPSA) is 96.7 Å². The van der Waals surface area contributed by atoms with Crippen molar-refractivity contribution in [3.8, 4) is 17.0 Å². The zero-order valence-corrected chi connectivity index (χ0v) is 18.7. The Morgan fingerprint density at radius 2 is 2.09 bits per heavy atom. The molecule has 0 atom stereocenters. The number of amides is 1. The Hall–Kier alpha value is -4.24. The molecule has 0 spiro atoms. The zero-order chi connectivity index (χ0) is 23.2. The van der Waals surface area contributed by atoms with E-state index < -0.39 is 0 Å². The molecule has 0 saturated carbocycles. The number of carbonyl (C=O) groups is 1. The van der Waals surface area contributed by atoms with Crippen molar-refractivity contribution in [2.24, 2.45) is 0 Å². The average molecular weight is 444 g/mol. The third kappa shape index (κ3) is 5.34. The first kappa shape index (κ1) is 22.0. The summed E-state index contributed by atoms with van der Waals surface area (Å²) in [4.78, 5) is 23.2. The molecule has 9 heteroatoms. The zero-order valence-electron chi connectivity index (χ0n) is 18.7. The number of hydrogen-bond donors (Lipinski definition) is 2. The highest BCUT2D eigenvalue weighted by atomic mass is 16.5. The number of methoxy groups -OCH3 is 1. The summed E-state index contributed by atoms with van der Waals surface area (Å²) < 4.78 is 7.26. The number of carbonyl (C=O) groups excluding carboxylic acids is 1. The van der Waals surface area contributed by atoms with Crippen molar-refractivity contribution < 1.29 is 9.53 Å². The summed E-state index contributed by atoms with van der Waals surface area (Å²) in [6, 6.07) is 13.0. The number of anilines is 3. The minimum Gasteiger partial charge on any atom is -0.495 e. The summed E-state index contributed by atoms with van der Waals surface area (Å²) >= 11 is 0. The van der Waals surface area contributed by atoms with Crippen molar-refractivity contribution in [1.82, 2.24) is 24.5 Å². The molecule has 0 aliphatic heterocycles. The van der Waals surface area contributed by atoms with Gasteiger partial charge in [0.25, 0.3) is 0 Å². The molecule has 4 aromatic rings. The van der Waals surface area contributed by atoms with Gasteiger partial charge in [-0.3, -0.25) is 4.79 Å². The Bertz CT molecular complexity index is 1300. The summed E-state index contributed by atoms with van der Waals surface area (Å²) in [6.07, 6.45) is 8.67. The van der Waals surface area contributed by atoms with E-state index in [9.17, 15) is 4.79 Å². The number of rotatable bonds is 8. The van der Waals surface area contributed by atoms with E-state index >= 15 is 0 Å². The van der Waals surface area contributed by atoms with Crippen molar-refractivity contribution in [2.45, 2.75) is 0 Å². The number of likely N-dealkylation sites (N-methyl/N-ethyl adjacent to an activating group) is 1. The lowest BCUT2D eigenvalue weighted by atomic mass is 10.2. The Balaban J connectivity index is 1.56. The summed E-state index contributed by atoms with van der Waals surface area (Å²) in [7, 11) is 5.46. The average Bonchev–Trinajstić information content (AvgIpc) is 3.23. The molecular weight excluding hydrogens is 418 g/mol. The second kappa shape index (κ2) is 9.92. The van der Waals surface area contributed by atoms with Crippen molar-refractivity contribution in [3.63, 3.8) is 0 Å². The molecule has 0 radical (unpaired) electrons. The maximum absolute atomic E-state index is 12.2. The highest BCUT2D eigenvalue weighted by Gasteiger charge is 2.11. The van der Waals surface area contributed by atoms with Gasteiger partial charge in [0.1, 0.15) is 5.75 Å². The number of pyridine rings is 1. The molecule has 4 rings (SSSR count). The molecule has 33 heavy (non-hydrogen) atoms. The van der Waals surface area contributed by atoms with Crippen LogP contribution in [-0.4, -0.2) is 58.1 Å². The molecule has 3 heterocycles. The lowest BCUT2D eigenvalue weighted by Gasteiger charge is -2.13.